The Kier molecular flexibility index (Phi) is 2.36. The van der Waals surface area contributed by atoms with Crippen LogP contribution in [0.2, 0.25) is 0 Å². The molecular weight excluding hydrogens is 87.0 g/mol. The minimum atomic E-state index is -1.34. The fourth-order valence-corrected chi connectivity index (χ4v) is 0.0772. The molecule has 0 fully saturated rings. The summed E-state index contributed by atoms with van der Waals surface area (Å²) < 4.78 is 10.8. The van der Waals surface area contributed by atoms with Gasteiger partial charge in [0.2, 0.25) is 0 Å². The first-order valence-corrected chi connectivity index (χ1v) is 1.53. The van der Waals surface area contributed by atoms with Crippen molar-refractivity contribution in [2.75, 3.05) is 6.67 Å². The van der Waals surface area contributed by atoms with Crippen LogP contribution in [0, 0.1) is 0 Å². The molecule has 0 aromatic carbocycles. The third-order valence-corrected chi connectivity index (χ3v) is 0.299. The minimum absolute atomic E-state index is 0.486. The quantitative estimate of drug-likeness (QED) is 0.481. The summed E-state index contributed by atoms with van der Waals surface area (Å²) in [5.74, 6) is -1.34. The van der Waals surface area contributed by atoms with Crippen molar-refractivity contribution < 1.29 is 14.3 Å². The molecule has 0 amide bonds. The van der Waals surface area contributed by atoms with E-state index in [1.54, 1.807) is 0 Å². The first-order chi connectivity index (χ1) is 2.77. The van der Waals surface area contributed by atoms with E-state index in [-0.39, 0.29) is 0 Å². The summed E-state index contributed by atoms with van der Waals surface area (Å²) in [5, 5.41) is 9.25. The van der Waals surface area contributed by atoms with Crippen molar-refractivity contribution in [2.24, 2.45) is 0 Å². The second kappa shape index (κ2) is 2.63. The first-order valence-electron chi connectivity index (χ1n) is 1.53. The summed E-state index contributed by atoms with van der Waals surface area (Å²) in [6.45, 7) is -0.831. The maximum Gasteiger partial charge on any atom is 0.358 e. The Balaban J connectivity index is 2.83. The standard InChI is InChI=1S/C3H4FO2/c4-2-1-3(5)6/h1-2H2. The van der Waals surface area contributed by atoms with Gasteiger partial charge in [0, 0.05) is 0 Å². The number of carbonyl (C=O) groups is 1. The summed E-state index contributed by atoms with van der Waals surface area (Å²) in [5.41, 5.74) is 0. The normalized spacial score (nSPS) is 8.17. The highest BCUT2D eigenvalue weighted by atomic mass is 19.1. The maximum absolute atomic E-state index is 10.8. The highest BCUT2D eigenvalue weighted by molar-refractivity contribution is 5.66. The Bertz CT molecular complexity index is 52.8. The molecule has 0 N–H and O–H groups in total. The zero-order valence-electron chi connectivity index (χ0n) is 3.11. The lowest BCUT2D eigenvalue weighted by atomic mass is 10.5. The highest BCUT2D eigenvalue weighted by Crippen LogP contribution is 1.77. The van der Waals surface area contributed by atoms with E-state index in [0.717, 1.165) is 0 Å². The molecule has 0 aliphatic carbocycles. The predicted octanol–water partition coefficient (Wildman–Crippen LogP) is 0.303. The molecule has 1 radical (unpaired) electrons. The van der Waals surface area contributed by atoms with Crippen molar-refractivity contribution >= 4 is 5.97 Å². The van der Waals surface area contributed by atoms with Gasteiger partial charge in [-0.2, -0.15) is 0 Å². The minimum Gasteiger partial charge on any atom is -0.250 e. The lowest BCUT2D eigenvalue weighted by Crippen LogP contribution is -1.91. The van der Waals surface area contributed by atoms with Gasteiger partial charge in [0.15, 0.2) is 0 Å². The zero-order valence-corrected chi connectivity index (χ0v) is 3.11. The summed E-state index contributed by atoms with van der Waals surface area (Å²) in [7, 11) is 0. The Morgan fingerprint density at radius 1 is 1.67 bits per heavy atom. The monoisotopic (exact) mass is 91.0 g/mol. The molecule has 0 saturated carbocycles. The van der Waals surface area contributed by atoms with E-state index in [9.17, 15) is 14.3 Å². The first kappa shape index (κ1) is 5.40. The van der Waals surface area contributed by atoms with Gasteiger partial charge >= 0.3 is 5.97 Å². The van der Waals surface area contributed by atoms with Gasteiger partial charge in [-0.15, -0.1) is 0 Å². The van der Waals surface area contributed by atoms with Crippen LogP contribution in [0.15, 0.2) is 0 Å². The van der Waals surface area contributed by atoms with Crippen molar-refractivity contribution in [3.63, 3.8) is 0 Å². The van der Waals surface area contributed by atoms with E-state index in [1.165, 1.54) is 0 Å². The van der Waals surface area contributed by atoms with Gasteiger partial charge in [-0.25, -0.2) is 9.90 Å². The Morgan fingerprint density at radius 2 is 2.17 bits per heavy atom. The number of hydrogen-bond donors (Lipinski definition) is 0. The number of halogens is 1. The number of carbonyl (C=O) groups excluding carboxylic acids is 1. The molecule has 0 spiro atoms. The smallest absolute Gasteiger partial charge is 0.250 e. The van der Waals surface area contributed by atoms with Gasteiger partial charge < -0.3 is 0 Å². The average molecular weight is 91.1 g/mol. The third kappa shape index (κ3) is 3.40. The molecule has 2 nitrogen and oxygen atoms in total. The van der Waals surface area contributed by atoms with Crippen molar-refractivity contribution in [3.8, 4) is 0 Å². The SMILES string of the molecule is [O]C(=O)CCF. The molecule has 0 aromatic heterocycles. The molecule has 0 saturated heterocycles. The van der Waals surface area contributed by atoms with Gasteiger partial charge in [-0.1, -0.05) is 0 Å². The van der Waals surface area contributed by atoms with Crippen molar-refractivity contribution in [1.29, 1.82) is 0 Å². The maximum atomic E-state index is 10.8. The van der Waals surface area contributed by atoms with Crippen LogP contribution in [0.1, 0.15) is 6.42 Å². The molecule has 0 heterocycles. The van der Waals surface area contributed by atoms with Crippen molar-refractivity contribution in [2.45, 2.75) is 6.42 Å². The van der Waals surface area contributed by atoms with Gasteiger partial charge in [0.05, 0.1) is 6.42 Å². The van der Waals surface area contributed by atoms with Crippen molar-refractivity contribution in [3.05, 3.63) is 0 Å². The molecule has 0 aliphatic heterocycles. The van der Waals surface area contributed by atoms with E-state index in [2.05, 4.69) is 0 Å². The van der Waals surface area contributed by atoms with Gasteiger partial charge in [0.1, 0.15) is 6.67 Å². The predicted molar refractivity (Wildman–Crippen MR) is 16.3 cm³/mol. The molecule has 0 aliphatic rings. The molecule has 3 heteroatoms. The molecule has 0 bridgehead atoms. The second-order valence-corrected chi connectivity index (χ2v) is 0.811. The van der Waals surface area contributed by atoms with Crippen LogP contribution < -0.4 is 0 Å². The van der Waals surface area contributed by atoms with Crippen LogP contribution in [-0.4, -0.2) is 12.6 Å². The van der Waals surface area contributed by atoms with E-state index >= 15 is 0 Å². The fraction of sp³-hybridized carbons (Fsp3) is 0.667. The third-order valence-electron chi connectivity index (χ3n) is 0.299. The Morgan fingerprint density at radius 3 is 2.17 bits per heavy atom. The lowest BCUT2D eigenvalue weighted by Gasteiger charge is -1.73. The van der Waals surface area contributed by atoms with Crippen LogP contribution in [0.4, 0.5) is 4.39 Å². The van der Waals surface area contributed by atoms with Crippen LogP contribution >= 0.6 is 0 Å². The summed E-state index contributed by atoms with van der Waals surface area (Å²) in [6, 6.07) is 0. The molecular formula is C3H4FO2. The van der Waals surface area contributed by atoms with E-state index in [4.69, 9.17) is 0 Å². The highest BCUT2D eigenvalue weighted by Gasteiger charge is 1.94. The second-order valence-electron chi connectivity index (χ2n) is 0.811. The molecule has 35 valence electrons. The van der Waals surface area contributed by atoms with Crippen LogP contribution in [0.25, 0.3) is 0 Å². The molecule has 0 atom stereocenters. The number of hydrogen-bond acceptors (Lipinski definition) is 1. The van der Waals surface area contributed by atoms with E-state index < -0.39 is 19.1 Å². The largest absolute Gasteiger partial charge is 0.358 e. The summed E-state index contributed by atoms with van der Waals surface area (Å²) >= 11 is 0. The Labute approximate surface area is 34.6 Å². The van der Waals surface area contributed by atoms with E-state index in [0.29, 0.717) is 0 Å². The molecule has 0 unspecified atom stereocenters. The summed E-state index contributed by atoms with van der Waals surface area (Å²) in [6.07, 6.45) is -0.486. The molecule has 6 heavy (non-hydrogen) atoms. The van der Waals surface area contributed by atoms with Gasteiger partial charge in [-0.3, -0.25) is 4.39 Å². The molecule has 0 rings (SSSR count). The average Bonchev–Trinajstić information content (AvgIpc) is 1.35. The van der Waals surface area contributed by atoms with Gasteiger partial charge in [0.25, 0.3) is 0 Å². The lowest BCUT2D eigenvalue weighted by molar-refractivity contribution is -0.143. The number of rotatable bonds is 2. The van der Waals surface area contributed by atoms with E-state index in [1.807, 2.05) is 0 Å². The Hall–Kier alpha value is -0.600. The van der Waals surface area contributed by atoms with Crippen LogP contribution in [-0.2, 0) is 9.90 Å². The fourth-order valence-electron chi connectivity index (χ4n) is 0.0772. The van der Waals surface area contributed by atoms with Crippen LogP contribution in [0.3, 0.4) is 0 Å². The molecule has 0 aromatic rings. The summed E-state index contributed by atoms with van der Waals surface area (Å²) in [4.78, 5) is 9.25. The number of alkyl halides is 1. The van der Waals surface area contributed by atoms with Crippen LogP contribution in [0.5, 0.6) is 0 Å². The topological polar surface area (TPSA) is 37.0 Å². The van der Waals surface area contributed by atoms with Gasteiger partial charge in [-0.05, 0) is 0 Å². The zero-order chi connectivity index (χ0) is 4.99. The van der Waals surface area contributed by atoms with Crippen molar-refractivity contribution in [1.82, 2.24) is 0 Å².